The van der Waals surface area contributed by atoms with Crippen molar-refractivity contribution in [2.45, 2.75) is 13.8 Å². The van der Waals surface area contributed by atoms with Crippen LogP contribution in [-0.2, 0) is 4.74 Å². The highest BCUT2D eigenvalue weighted by Crippen LogP contribution is 2.30. The largest absolute Gasteiger partial charge is 0.462 e. The van der Waals surface area contributed by atoms with Gasteiger partial charge in [0.2, 0.25) is 0 Å². The summed E-state index contributed by atoms with van der Waals surface area (Å²) in [5.41, 5.74) is 0.680. The second-order valence-corrected chi connectivity index (χ2v) is 4.38. The van der Waals surface area contributed by atoms with Gasteiger partial charge in [-0.25, -0.2) is 4.79 Å². The minimum atomic E-state index is -0.243. The number of nitrogens with zero attached hydrogens (tertiary/aromatic N) is 1. The lowest BCUT2D eigenvalue weighted by atomic mass is 10.2. The quantitative estimate of drug-likeness (QED) is 0.732. The third-order valence-corrected chi connectivity index (χ3v) is 3.20. The number of esters is 1. The zero-order chi connectivity index (χ0) is 10.8. The molecule has 0 fully saturated rings. The number of hydrogen-bond donors (Lipinski definition) is 0. The Kier molecular flexibility index (Phi) is 2.68. The van der Waals surface area contributed by atoms with Crippen molar-refractivity contribution < 1.29 is 9.53 Å². The molecule has 2 rings (SSSR count). The number of thiophene rings is 1. The fourth-order valence-electron chi connectivity index (χ4n) is 1.53. The Labute approximate surface area is 91.7 Å². The van der Waals surface area contributed by atoms with Crippen LogP contribution in [0.5, 0.6) is 0 Å². The monoisotopic (exact) mass is 221 g/mol. The molecule has 0 radical (unpaired) electrons. The van der Waals surface area contributed by atoms with Gasteiger partial charge in [0.05, 0.1) is 16.9 Å². The average Bonchev–Trinajstić information content (AvgIpc) is 2.54. The molecule has 0 bridgehead atoms. The third-order valence-electron chi connectivity index (χ3n) is 2.15. The molecule has 0 N–H and O–H groups in total. The molecule has 0 spiro atoms. The molecular weight excluding hydrogens is 210 g/mol. The highest BCUT2D eigenvalue weighted by molar-refractivity contribution is 7.19. The van der Waals surface area contributed by atoms with E-state index >= 15 is 0 Å². The van der Waals surface area contributed by atoms with E-state index < -0.39 is 0 Å². The SMILES string of the molecule is CCOC(=O)c1c(C)sc2cnccc12. The van der Waals surface area contributed by atoms with Gasteiger partial charge in [0.1, 0.15) is 0 Å². The Hall–Kier alpha value is -1.42. The molecule has 0 aliphatic heterocycles. The number of aryl methyl sites for hydroxylation is 1. The summed E-state index contributed by atoms with van der Waals surface area (Å²) in [5.74, 6) is -0.243. The maximum atomic E-state index is 11.7. The molecule has 2 aromatic heterocycles. The molecule has 78 valence electrons. The summed E-state index contributed by atoms with van der Waals surface area (Å²) < 4.78 is 6.05. The third kappa shape index (κ3) is 1.72. The van der Waals surface area contributed by atoms with Crippen LogP contribution in [0.2, 0.25) is 0 Å². The fourth-order valence-corrected chi connectivity index (χ4v) is 2.55. The number of aromatic nitrogens is 1. The Morgan fingerprint density at radius 3 is 3.13 bits per heavy atom. The molecule has 0 amide bonds. The van der Waals surface area contributed by atoms with Gasteiger partial charge in [-0.2, -0.15) is 0 Å². The lowest BCUT2D eigenvalue weighted by molar-refractivity contribution is 0.0528. The van der Waals surface area contributed by atoms with Crippen molar-refractivity contribution in [3.8, 4) is 0 Å². The van der Waals surface area contributed by atoms with E-state index in [1.807, 2.05) is 19.9 Å². The van der Waals surface area contributed by atoms with Gasteiger partial charge in [0.15, 0.2) is 0 Å². The minimum Gasteiger partial charge on any atom is -0.462 e. The number of carbonyl (C=O) groups is 1. The number of ether oxygens (including phenoxy) is 1. The highest BCUT2D eigenvalue weighted by atomic mass is 32.1. The van der Waals surface area contributed by atoms with Gasteiger partial charge < -0.3 is 4.74 Å². The van der Waals surface area contributed by atoms with Crippen molar-refractivity contribution in [1.29, 1.82) is 0 Å². The van der Waals surface area contributed by atoms with Crippen molar-refractivity contribution in [2.24, 2.45) is 0 Å². The van der Waals surface area contributed by atoms with Crippen LogP contribution in [0.25, 0.3) is 10.1 Å². The standard InChI is InChI=1S/C11H11NO2S/c1-3-14-11(13)10-7(2)15-9-6-12-5-4-8(9)10/h4-6H,3H2,1-2H3. The Balaban J connectivity index is 2.58. The van der Waals surface area contributed by atoms with Gasteiger partial charge in [-0.1, -0.05) is 0 Å². The number of pyridine rings is 1. The summed E-state index contributed by atoms with van der Waals surface area (Å²) in [6.45, 7) is 4.14. The molecule has 0 aliphatic carbocycles. The van der Waals surface area contributed by atoms with E-state index in [1.165, 1.54) is 0 Å². The van der Waals surface area contributed by atoms with E-state index in [-0.39, 0.29) is 5.97 Å². The number of carbonyl (C=O) groups excluding carboxylic acids is 1. The van der Waals surface area contributed by atoms with Crippen LogP contribution in [0.3, 0.4) is 0 Å². The van der Waals surface area contributed by atoms with E-state index in [2.05, 4.69) is 4.98 Å². The lowest BCUT2D eigenvalue weighted by Gasteiger charge is -2.00. The molecule has 2 aromatic rings. The zero-order valence-corrected chi connectivity index (χ0v) is 9.43. The zero-order valence-electron chi connectivity index (χ0n) is 8.61. The Morgan fingerprint density at radius 2 is 2.40 bits per heavy atom. The van der Waals surface area contributed by atoms with Crippen molar-refractivity contribution in [3.63, 3.8) is 0 Å². The molecule has 0 aliphatic rings. The summed E-state index contributed by atoms with van der Waals surface area (Å²) in [4.78, 5) is 16.7. The lowest BCUT2D eigenvalue weighted by Crippen LogP contribution is -2.04. The highest BCUT2D eigenvalue weighted by Gasteiger charge is 2.16. The van der Waals surface area contributed by atoms with Crippen molar-refractivity contribution in [1.82, 2.24) is 4.98 Å². The van der Waals surface area contributed by atoms with Crippen LogP contribution in [0.15, 0.2) is 18.5 Å². The van der Waals surface area contributed by atoms with Crippen LogP contribution >= 0.6 is 11.3 Å². The molecule has 0 aromatic carbocycles. The van der Waals surface area contributed by atoms with Crippen molar-refractivity contribution in [3.05, 3.63) is 28.9 Å². The molecule has 0 unspecified atom stereocenters. The first-order valence-electron chi connectivity index (χ1n) is 4.74. The van der Waals surface area contributed by atoms with E-state index in [1.54, 1.807) is 23.7 Å². The van der Waals surface area contributed by atoms with Crippen LogP contribution in [0.4, 0.5) is 0 Å². The molecule has 2 heterocycles. The van der Waals surface area contributed by atoms with Gasteiger partial charge in [0, 0.05) is 22.7 Å². The molecule has 0 saturated heterocycles. The number of rotatable bonds is 2. The maximum Gasteiger partial charge on any atom is 0.339 e. The van der Waals surface area contributed by atoms with Gasteiger partial charge in [-0.3, -0.25) is 4.98 Å². The van der Waals surface area contributed by atoms with E-state index in [4.69, 9.17) is 4.74 Å². The number of hydrogen-bond acceptors (Lipinski definition) is 4. The van der Waals surface area contributed by atoms with Crippen molar-refractivity contribution in [2.75, 3.05) is 6.61 Å². The summed E-state index contributed by atoms with van der Waals surface area (Å²) >= 11 is 1.57. The number of fused-ring (bicyclic) bond motifs is 1. The summed E-state index contributed by atoms with van der Waals surface area (Å²) in [6.07, 6.45) is 3.47. The maximum absolute atomic E-state index is 11.7. The minimum absolute atomic E-state index is 0.243. The van der Waals surface area contributed by atoms with Crippen molar-refractivity contribution >= 4 is 27.4 Å². The molecule has 0 atom stereocenters. The summed E-state index contributed by atoms with van der Waals surface area (Å²) in [5, 5.41) is 0.936. The smallest absolute Gasteiger partial charge is 0.339 e. The summed E-state index contributed by atoms with van der Waals surface area (Å²) in [6, 6.07) is 1.85. The van der Waals surface area contributed by atoms with Gasteiger partial charge in [0.25, 0.3) is 0 Å². The predicted octanol–water partition coefficient (Wildman–Crippen LogP) is 2.78. The molecule has 15 heavy (non-hydrogen) atoms. The van der Waals surface area contributed by atoms with E-state index in [9.17, 15) is 4.79 Å². The van der Waals surface area contributed by atoms with Crippen LogP contribution < -0.4 is 0 Å². The van der Waals surface area contributed by atoms with Crippen LogP contribution in [-0.4, -0.2) is 17.6 Å². The van der Waals surface area contributed by atoms with E-state index in [0.29, 0.717) is 12.2 Å². The van der Waals surface area contributed by atoms with Gasteiger partial charge in [-0.05, 0) is 19.9 Å². The first-order valence-corrected chi connectivity index (χ1v) is 5.56. The predicted molar refractivity (Wildman–Crippen MR) is 60.3 cm³/mol. The molecule has 3 nitrogen and oxygen atoms in total. The van der Waals surface area contributed by atoms with E-state index in [0.717, 1.165) is 15.0 Å². The molecule has 0 saturated carbocycles. The van der Waals surface area contributed by atoms with Gasteiger partial charge >= 0.3 is 5.97 Å². The Morgan fingerprint density at radius 1 is 1.60 bits per heavy atom. The normalized spacial score (nSPS) is 10.5. The second-order valence-electron chi connectivity index (χ2n) is 3.13. The Bertz CT molecular complexity index is 504. The average molecular weight is 221 g/mol. The first-order chi connectivity index (χ1) is 7.24. The second kappa shape index (κ2) is 3.98. The first kappa shape index (κ1) is 10.1. The fraction of sp³-hybridized carbons (Fsp3) is 0.273. The topological polar surface area (TPSA) is 39.2 Å². The van der Waals surface area contributed by atoms with Crippen LogP contribution in [0, 0.1) is 6.92 Å². The van der Waals surface area contributed by atoms with Gasteiger partial charge in [-0.15, -0.1) is 11.3 Å². The summed E-state index contributed by atoms with van der Waals surface area (Å²) in [7, 11) is 0. The molecule has 4 heteroatoms. The molecular formula is C11H11NO2S. The van der Waals surface area contributed by atoms with Crippen LogP contribution in [0.1, 0.15) is 22.2 Å².